The van der Waals surface area contributed by atoms with E-state index in [0.29, 0.717) is 5.92 Å². The predicted molar refractivity (Wildman–Crippen MR) is 68.3 cm³/mol. The Morgan fingerprint density at radius 1 is 1.47 bits per heavy atom. The number of nitrogens with zero attached hydrogens (tertiary/aromatic N) is 2. The maximum Gasteiger partial charge on any atom is 0.225 e. The molecular weight excluding hydrogens is 234 g/mol. The van der Waals surface area contributed by atoms with Crippen LogP contribution < -0.4 is 10.5 Å². The Hall–Kier alpha value is -1.20. The van der Waals surface area contributed by atoms with E-state index < -0.39 is 0 Å². The maximum absolute atomic E-state index is 5.91. The Morgan fingerprint density at radius 3 is 3.06 bits per heavy atom. The summed E-state index contributed by atoms with van der Waals surface area (Å²) in [4.78, 5) is 10.7. The summed E-state index contributed by atoms with van der Waals surface area (Å²) in [6.45, 7) is 2.83. The summed E-state index contributed by atoms with van der Waals surface area (Å²) >= 11 is 1.67. The van der Waals surface area contributed by atoms with Gasteiger partial charge in [-0.05, 0) is 38.3 Å². The Kier molecular flexibility index (Phi) is 2.72. The van der Waals surface area contributed by atoms with E-state index in [2.05, 4.69) is 23.0 Å². The zero-order valence-electron chi connectivity index (χ0n) is 9.72. The fraction of sp³-hybridized carbons (Fsp3) is 0.500. The number of aryl methyl sites for hydroxylation is 1. The smallest absolute Gasteiger partial charge is 0.225 e. The van der Waals surface area contributed by atoms with Crippen LogP contribution in [0.15, 0.2) is 12.4 Å². The Labute approximate surface area is 104 Å². The summed E-state index contributed by atoms with van der Waals surface area (Å²) < 4.78 is 5.91. The number of rotatable bonds is 3. The van der Waals surface area contributed by atoms with Crippen LogP contribution in [0, 0.1) is 12.8 Å². The quantitative estimate of drug-likeness (QED) is 0.905. The van der Waals surface area contributed by atoms with E-state index in [9.17, 15) is 0 Å². The van der Waals surface area contributed by atoms with Gasteiger partial charge in [-0.1, -0.05) is 0 Å². The van der Waals surface area contributed by atoms with Gasteiger partial charge >= 0.3 is 0 Å². The molecule has 2 N–H and O–H groups in total. The molecule has 0 aliphatic heterocycles. The van der Waals surface area contributed by atoms with Crippen molar-refractivity contribution in [3.63, 3.8) is 0 Å². The monoisotopic (exact) mass is 249 g/mol. The lowest BCUT2D eigenvalue weighted by molar-refractivity contribution is 0.0663. The fourth-order valence-electron chi connectivity index (χ4n) is 2.17. The van der Waals surface area contributed by atoms with Gasteiger partial charge in [0.15, 0.2) is 0 Å². The summed E-state index contributed by atoms with van der Waals surface area (Å²) in [5, 5.41) is 1.03. The van der Waals surface area contributed by atoms with Crippen molar-refractivity contribution in [2.45, 2.75) is 25.9 Å². The van der Waals surface area contributed by atoms with Crippen LogP contribution in [0.25, 0.3) is 10.2 Å². The zero-order chi connectivity index (χ0) is 11.8. The molecule has 5 heteroatoms. The van der Waals surface area contributed by atoms with Crippen molar-refractivity contribution in [2.24, 2.45) is 11.7 Å². The molecule has 1 aliphatic rings. The van der Waals surface area contributed by atoms with Crippen LogP contribution in [0.5, 0.6) is 5.88 Å². The first-order chi connectivity index (χ1) is 8.26. The summed E-state index contributed by atoms with van der Waals surface area (Å²) in [5.41, 5.74) is 5.60. The van der Waals surface area contributed by atoms with Gasteiger partial charge in [0.25, 0.3) is 0 Å². The lowest BCUT2D eigenvalue weighted by atomic mass is 9.82. The number of nitrogens with two attached hydrogens (primary N) is 1. The molecule has 0 amide bonds. The van der Waals surface area contributed by atoms with Crippen molar-refractivity contribution < 1.29 is 4.74 Å². The van der Waals surface area contributed by atoms with Gasteiger partial charge in [0.05, 0.1) is 5.39 Å². The summed E-state index contributed by atoms with van der Waals surface area (Å²) in [6.07, 6.45) is 3.95. The molecule has 4 nitrogen and oxygen atoms in total. The lowest BCUT2D eigenvalue weighted by Gasteiger charge is -2.34. The van der Waals surface area contributed by atoms with Gasteiger partial charge in [0.2, 0.25) is 5.88 Å². The molecule has 0 saturated heterocycles. The minimum absolute atomic E-state index is 0.279. The highest BCUT2D eigenvalue weighted by Crippen LogP contribution is 2.34. The summed E-state index contributed by atoms with van der Waals surface area (Å²) in [5.74, 6) is 1.35. The third-order valence-corrected chi connectivity index (χ3v) is 4.18. The molecule has 0 atom stereocenters. The third-order valence-electron chi connectivity index (χ3n) is 3.22. The van der Waals surface area contributed by atoms with Gasteiger partial charge in [-0.25, -0.2) is 9.97 Å². The van der Waals surface area contributed by atoms with Gasteiger partial charge in [-0.15, -0.1) is 11.3 Å². The van der Waals surface area contributed by atoms with E-state index in [1.54, 1.807) is 17.7 Å². The van der Waals surface area contributed by atoms with E-state index in [1.165, 1.54) is 4.88 Å². The molecule has 17 heavy (non-hydrogen) atoms. The van der Waals surface area contributed by atoms with Crippen LogP contribution in [-0.2, 0) is 0 Å². The number of thiophene rings is 1. The second-order valence-electron chi connectivity index (χ2n) is 4.57. The summed E-state index contributed by atoms with van der Waals surface area (Å²) in [7, 11) is 0. The van der Waals surface area contributed by atoms with Crippen molar-refractivity contribution in [3.05, 3.63) is 17.3 Å². The number of ether oxygens (including phenoxy) is 1. The van der Waals surface area contributed by atoms with Crippen molar-refractivity contribution in [1.82, 2.24) is 9.97 Å². The molecule has 0 aromatic carbocycles. The van der Waals surface area contributed by atoms with Crippen molar-refractivity contribution in [3.8, 4) is 5.88 Å². The van der Waals surface area contributed by atoms with Gasteiger partial charge in [-0.3, -0.25) is 0 Å². The number of hydrogen-bond donors (Lipinski definition) is 1. The average molecular weight is 249 g/mol. The molecule has 0 unspecified atom stereocenters. The van der Waals surface area contributed by atoms with Gasteiger partial charge in [-0.2, -0.15) is 0 Å². The van der Waals surface area contributed by atoms with Crippen LogP contribution in [0.4, 0.5) is 0 Å². The van der Waals surface area contributed by atoms with E-state index in [1.807, 2.05) is 0 Å². The zero-order valence-corrected chi connectivity index (χ0v) is 10.5. The first-order valence-electron chi connectivity index (χ1n) is 5.84. The minimum atomic E-state index is 0.279. The van der Waals surface area contributed by atoms with Gasteiger partial charge in [0.1, 0.15) is 17.3 Å². The second kappa shape index (κ2) is 4.23. The highest BCUT2D eigenvalue weighted by Gasteiger charge is 2.30. The van der Waals surface area contributed by atoms with Crippen molar-refractivity contribution in [1.29, 1.82) is 0 Å². The van der Waals surface area contributed by atoms with Crippen LogP contribution in [0.3, 0.4) is 0 Å². The summed E-state index contributed by atoms with van der Waals surface area (Å²) in [6, 6.07) is 2.09. The Balaban J connectivity index is 1.81. The SMILES string of the molecule is Cc1cc2c(OC3CC(CN)C3)ncnc2s1. The second-order valence-corrected chi connectivity index (χ2v) is 5.80. The standard InChI is InChI=1S/C12H15N3OS/c1-7-2-10-11(14-6-15-12(10)17-7)16-9-3-8(4-9)5-13/h2,6,8-9H,3-5,13H2,1H3. The van der Waals surface area contributed by atoms with Gasteiger partial charge < -0.3 is 10.5 Å². The number of hydrogen-bond acceptors (Lipinski definition) is 5. The molecule has 0 spiro atoms. The van der Waals surface area contributed by atoms with E-state index in [4.69, 9.17) is 10.5 Å². The molecule has 1 fully saturated rings. The molecule has 90 valence electrons. The molecular formula is C12H15N3OS. The van der Waals surface area contributed by atoms with Crippen LogP contribution >= 0.6 is 11.3 Å². The molecule has 0 bridgehead atoms. The van der Waals surface area contributed by atoms with E-state index >= 15 is 0 Å². The Bertz CT molecular complexity index is 534. The van der Waals surface area contributed by atoms with Crippen LogP contribution in [-0.4, -0.2) is 22.6 Å². The molecule has 2 aromatic heterocycles. The molecule has 1 saturated carbocycles. The maximum atomic E-state index is 5.91. The topological polar surface area (TPSA) is 61.0 Å². The normalized spacial score (nSPS) is 23.6. The highest BCUT2D eigenvalue weighted by atomic mass is 32.1. The van der Waals surface area contributed by atoms with Crippen LogP contribution in [0.2, 0.25) is 0 Å². The third kappa shape index (κ3) is 2.00. The first-order valence-corrected chi connectivity index (χ1v) is 6.66. The average Bonchev–Trinajstić information content (AvgIpc) is 2.63. The predicted octanol–water partition coefficient (Wildman–Crippen LogP) is 2.12. The molecule has 1 aliphatic carbocycles. The van der Waals surface area contributed by atoms with Crippen LogP contribution in [0.1, 0.15) is 17.7 Å². The minimum Gasteiger partial charge on any atom is -0.474 e. The number of aromatic nitrogens is 2. The largest absolute Gasteiger partial charge is 0.474 e. The molecule has 2 heterocycles. The van der Waals surface area contributed by atoms with Gasteiger partial charge in [0, 0.05) is 4.88 Å². The Morgan fingerprint density at radius 2 is 2.29 bits per heavy atom. The molecule has 3 rings (SSSR count). The van der Waals surface area contributed by atoms with E-state index in [0.717, 1.165) is 35.5 Å². The van der Waals surface area contributed by atoms with Crippen molar-refractivity contribution in [2.75, 3.05) is 6.54 Å². The van der Waals surface area contributed by atoms with E-state index in [-0.39, 0.29) is 6.10 Å². The molecule has 2 aromatic rings. The highest BCUT2D eigenvalue weighted by molar-refractivity contribution is 7.18. The first kappa shape index (κ1) is 10.9. The fourth-order valence-corrected chi connectivity index (χ4v) is 3.01. The van der Waals surface area contributed by atoms with Crippen molar-refractivity contribution >= 4 is 21.6 Å². The lowest BCUT2D eigenvalue weighted by Crippen LogP contribution is -2.37. The number of fused-ring (bicyclic) bond motifs is 1. The molecule has 0 radical (unpaired) electrons.